The van der Waals surface area contributed by atoms with Gasteiger partial charge in [0.1, 0.15) is 0 Å². The minimum absolute atomic E-state index is 0.407. The van der Waals surface area contributed by atoms with E-state index in [2.05, 4.69) is 56.5 Å². The molecule has 0 aliphatic rings. The summed E-state index contributed by atoms with van der Waals surface area (Å²) < 4.78 is 2.42. The Hall–Kier alpha value is -1.28. The average molecular weight is 230 g/mol. The second-order valence-electron chi connectivity index (χ2n) is 5.18. The van der Waals surface area contributed by atoms with Gasteiger partial charge in [-0.25, -0.2) is 0 Å². The highest BCUT2D eigenvalue weighted by atomic mass is 15.0. The van der Waals surface area contributed by atoms with E-state index in [9.17, 15) is 0 Å². The molecule has 0 aliphatic heterocycles. The summed E-state index contributed by atoms with van der Waals surface area (Å²) >= 11 is 0. The minimum Gasteiger partial charge on any atom is -0.342 e. The number of rotatable bonds is 3. The van der Waals surface area contributed by atoms with Crippen molar-refractivity contribution in [3.05, 3.63) is 35.5 Å². The molecular formula is C15H22N2. The normalized spacial score (nSPS) is 13.5. The van der Waals surface area contributed by atoms with E-state index in [-0.39, 0.29) is 0 Å². The third kappa shape index (κ3) is 1.98. The third-order valence-electron chi connectivity index (χ3n) is 3.51. The first-order chi connectivity index (χ1) is 8.06. The number of aromatic nitrogens is 1. The van der Waals surface area contributed by atoms with Crippen LogP contribution in [0.4, 0.5) is 0 Å². The van der Waals surface area contributed by atoms with Crippen LogP contribution in [0.5, 0.6) is 0 Å². The van der Waals surface area contributed by atoms with Crippen LogP contribution >= 0.6 is 0 Å². The van der Waals surface area contributed by atoms with Crippen molar-refractivity contribution in [3.8, 4) is 0 Å². The molecule has 17 heavy (non-hydrogen) atoms. The topological polar surface area (TPSA) is 30.9 Å². The monoisotopic (exact) mass is 230 g/mol. The van der Waals surface area contributed by atoms with Gasteiger partial charge in [-0.05, 0) is 38.5 Å². The van der Waals surface area contributed by atoms with Gasteiger partial charge in [-0.3, -0.25) is 0 Å². The Morgan fingerprint density at radius 1 is 1.24 bits per heavy atom. The van der Waals surface area contributed by atoms with Crippen molar-refractivity contribution in [1.29, 1.82) is 0 Å². The number of nitrogens with two attached hydrogens (primary N) is 1. The molecule has 0 fully saturated rings. The zero-order valence-electron chi connectivity index (χ0n) is 11.2. The molecule has 2 heteroatoms. The summed E-state index contributed by atoms with van der Waals surface area (Å²) in [7, 11) is 0. The Kier molecular flexibility index (Phi) is 3.25. The lowest BCUT2D eigenvalue weighted by Gasteiger charge is -2.18. The number of hydrogen-bond donors (Lipinski definition) is 1. The van der Waals surface area contributed by atoms with Crippen LogP contribution in [-0.2, 0) is 0 Å². The second kappa shape index (κ2) is 4.53. The SMILES string of the molecule is Cc1cccc2c1cc(C(C)CN)n2C(C)C. The number of hydrogen-bond acceptors (Lipinski definition) is 1. The molecule has 0 spiro atoms. The largest absolute Gasteiger partial charge is 0.342 e. The lowest BCUT2D eigenvalue weighted by atomic mass is 10.1. The van der Waals surface area contributed by atoms with Crippen molar-refractivity contribution in [2.45, 2.75) is 39.7 Å². The van der Waals surface area contributed by atoms with Crippen LogP contribution in [0, 0.1) is 6.92 Å². The van der Waals surface area contributed by atoms with Gasteiger partial charge in [0.2, 0.25) is 0 Å². The second-order valence-corrected chi connectivity index (χ2v) is 5.18. The molecule has 1 heterocycles. The predicted molar refractivity (Wildman–Crippen MR) is 74.5 cm³/mol. The predicted octanol–water partition coefficient (Wildman–Crippen LogP) is 3.59. The molecule has 0 radical (unpaired) electrons. The maximum Gasteiger partial charge on any atom is 0.0487 e. The first-order valence-corrected chi connectivity index (χ1v) is 6.36. The summed E-state index contributed by atoms with van der Waals surface area (Å²) in [6.07, 6.45) is 0. The van der Waals surface area contributed by atoms with Gasteiger partial charge < -0.3 is 10.3 Å². The highest BCUT2D eigenvalue weighted by Gasteiger charge is 2.16. The van der Waals surface area contributed by atoms with E-state index in [1.54, 1.807) is 0 Å². The summed E-state index contributed by atoms with van der Waals surface area (Å²) in [5.41, 5.74) is 9.84. The Morgan fingerprint density at radius 2 is 1.94 bits per heavy atom. The Bertz CT molecular complexity index is 523. The van der Waals surface area contributed by atoms with E-state index < -0.39 is 0 Å². The van der Waals surface area contributed by atoms with Crippen LogP contribution in [0.2, 0.25) is 0 Å². The molecule has 0 saturated carbocycles. The minimum atomic E-state index is 0.407. The summed E-state index contributed by atoms with van der Waals surface area (Å²) in [5, 5.41) is 1.36. The number of nitrogens with zero attached hydrogens (tertiary/aromatic N) is 1. The lowest BCUT2D eigenvalue weighted by Crippen LogP contribution is -2.14. The zero-order chi connectivity index (χ0) is 12.6. The number of fused-ring (bicyclic) bond motifs is 1. The summed E-state index contributed by atoms with van der Waals surface area (Å²) in [4.78, 5) is 0. The van der Waals surface area contributed by atoms with Crippen LogP contribution in [-0.4, -0.2) is 11.1 Å². The van der Waals surface area contributed by atoms with Gasteiger partial charge in [-0.2, -0.15) is 0 Å². The highest BCUT2D eigenvalue weighted by Crippen LogP contribution is 2.30. The summed E-state index contributed by atoms with van der Waals surface area (Å²) in [6.45, 7) is 9.53. The van der Waals surface area contributed by atoms with Crippen LogP contribution in [0.15, 0.2) is 24.3 Å². The molecule has 2 aromatic rings. The van der Waals surface area contributed by atoms with Gasteiger partial charge in [0, 0.05) is 35.1 Å². The van der Waals surface area contributed by atoms with Crippen molar-refractivity contribution in [2.75, 3.05) is 6.54 Å². The molecule has 92 valence electrons. The summed E-state index contributed by atoms with van der Waals surface area (Å²) in [5.74, 6) is 0.407. The molecule has 1 unspecified atom stereocenters. The molecule has 2 N–H and O–H groups in total. The molecule has 1 aromatic carbocycles. The Morgan fingerprint density at radius 3 is 2.53 bits per heavy atom. The van der Waals surface area contributed by atoms with E-state index in [4.69, 9.17) is 5.73 Å². The van der Waals surface area contributed by atoms with Crippen molar-refractivity contribution in [1.82, 2.24) is 4.57 Å². The van der Waals surface area contributed by atoms with Crippen LogP contribution in [0.3, 0.4) is 0 Å². The molecular weight excluding hydrogens is 208 g/mol. The molecule has 0 bridgehead atoms. The molecule has 0 saturated heterocycles. The Balaban J connectivity index is 2.75. The highest BCUT2D eigenvalue weighted by molar-refractivity contribution is 5.85. The first kappa shape index (κ1) is 12.2. The smallest absolute Gasteiger partial charge is 0.0487 e. The van der Waals surface area contributed by atoms with Gasteiger partial charge in [0.05, 0.1) is 0 Å². The lowest BCUT2D eigenvalue weighted by molar-refractivity contribution is 0.567. The van der Waals surface area contributed by atoms with E-state index in [0.29, 0.717) is 18.5 Å². The average Bonchev–Trinajstić information content (AvgIpc) is 2.68. The van der Waals surface area contributed by atoms with Crippen LogP contribution in [0.25, 0.3) is 10.9 Å². The van der Waals surface area contributed by atoms with Crippen molar-refractivity contribution in [3.63, 3.8) is 0 Å². The zero-order valence-corrected chi connectivity index (χ0v) is 11.2. The molecule has 1 atom stereocenters. The molecule has 0 aliphatic carbocycles. The fourth-order valence-corrected chi connectivity index (χ4v) is 2.50. The van der Waals surface area contributed by atoms with Gasteiger partial charge in [-0.1, -0.05) is 19.1 Å². The molecule has 2 nitrogen and oxygen atoms in total. The number of benzene rings is 1. The quantitative estimate of drug-likeness (QED) is 0.858. The van der Waals surface area contributed by atoms with Gasteiger partial charge >= 0.3 is 0 Å². The van der Waals surface area contributed by atoms with Crippen LogP contribution in [0.1, 0.15) is 44.0 Å². The Labute approximate surface area is 103 Å². The van der Waals surface area contributed by atoms with Crippen molar-refractivity contribution < 1.29 is 0 Å². The van der Waals surface area contributed by atoms with Crippen molar-refractivity contribution in [2.24, 2.45) is 5.73 Å². The third-order valence-corrected chi connectivity index (χ3v) is 3.51. The maximum atomic E-state index is 5.82. The molecule has 1 aromatic heterocycles. The fraction of sp³-hybridized carbons (Fsp3) is 0.467. The van der Waals surface area contributed by atoms with Gasteiger partial charge in [0.25, 0.3) is 0 Å². The van der Waals surface area contributed by atoms with Crippen molar-refractivity contribution >= 4 is 10.9 Å². The van der Waals surface area contributed by atoms with Gasteiger partial charge in [0.15, 0.2) is 0 Å². The van der Waals surface area contributed by atoms with E-state index in [1.807, 2.05) is 0 Å². The standard InChI is InChI=1S/C15H22N2/c1-10(2)17-14-7-5-6-11(3)13(14)8-15(17)12(4)9-16/h5-8,10,12H,9,16H2,1-4H3. The number of aryl methyl sites for hydroxylation is 1. The molecule has 2 rings (SSSR count). The fourth-order valence-electron chi connectivity index (χ4n) is 2.50. The first-order valence-electron chi connectivity index (χ1n) is 6.36. The van der Waals surface area contributed by atoms with E-state index >= 15 is 0 Å². The van der Waals surface area contributed by atoms with Crippen LogP contribution < -0.4 is 5.73 Å². The van der Waals surface area contributed by atoms with Gasteiger partial charge in [-0.15, -0.1) is 0 Å². The summed E-state index contributed by atoms with van der Waals surface area (Å²) in [6, 6.07) is 9.28. The maximum absolute atomic E-state index is 5.82. The molecule has 0 amide bonds. The van der Waals surface area contributed by atoms with E-state index in [0.717, 1.165) is 0 Å². The van der Waals surface area contributed by atoms with E-state index in [1.165, 1.54) is 22.2 Å².